The second-order valence-electron chi connectivity index (χ2n) is 4.80. The van der Waals surface area contributed by atoms with Gasteiger partial charge in [-0.25, -0.2) is 4.98 Å². The van der Waals surface area contributed by atoms with Crippen molar-refractivity contribution in [3.05, 3.63) is 53.7 Å². The number of nitrogens with one attached hydrogen (secondary N) is 1. The van der Waals surface area contributed by atoms with Crippen LogP contribution in [0.4, 0.5) is 5.13 Å². The average Bonchev–Trinajstić information content (AvgIpc) is 3.10. The lowest BCUT2D eigenvalue weighted by Crippen LogP contribution is -2.12. The van der Waals surface area contributed by atoms with Crippen molar-refractivity contribution in [2.24, 2.45) is 0 Å². The zero-order valence-electron chi connectivity index (χ0n) is 13.1. The molecule has 1 aromatic carbocycles. The molecule has 0 aliphatic heterocycles. The zero-order chi connectivity index (χ0) is 16.9. The van der Waals surface area contributed by atoms with E-state index in [1.165, 1.54) is 18.4 Å². The molecular weight excluding hydrogens is 326 g/mol. The standard InChI is InChI=1S/C17H15N3O3S/c1-22-14-6-5-11(8-15(14)23-2)16(21)20-17-19-13(10-24-17)12-4-3-7-18-9-12/h3-10H,1-2H3,(H,19,20,21). The van der Waals surface area contributed by atoms with E-state index in [-0.39, 0.29) is 5.91 Å². The third kappa shape index (κ3) is 3.36. The lowest BCUT2D eigenvalue weighted by molar-refractivity contribution is 0.102. The molecule has 0 fully saturated rings. The Bertz CT molecular complexity index is 849. The van der Waals surface area contributed by atoms with Gasteiger partial charge in [-0.2, -0.15) is 0 Å². The fourth-order valence-corrected chi connectivity index (χ4v) is 2.84. The van der Waals surface area contributed by atoms with Crippen molar-refractivity contribution < 1.29 is 14.3 Å². The van der Waals surface area contributed by atoms with Crippen LogP contribution in [0.15, 0.2) is 48.1 Å². The zero-order valence-corrected chi connectivity index (χ0v) is 14.0. The number of hydrogen-bond donors (Lipinski definition) is 1. The van der Waals surface area contributed by atoms with Gasteiger partial charge in [0.05, 0.1) is 19.9 Å². The summed E-state index contributed by atoms with van der Waals surface area (Å²) in [5.41, 5.74) is 2.14. The Labute approximate surface area is 143 Å². The van der Waals surface area contributed by atoms with Gasteiger partial charge in [-0.3, -0.25) is 15.1 Å². The molecule has 1 N–H and O–H groups in total. The first kappa shape index (κ1) is 15.9. The maximum Gasteiger partial charge on any atom is 0.257 e. The van der Waals surface area contributed by atoms with E-state index in [0.29, 0.717) is 22.2 Å². The van der Waals surface area contributed by atoms with E-state index in [1.807, 2.05) is 17.5 Å². The maximum atomic E-state index is 12.4. The van der Waals surface area contributed by atoms with Crippen molar-refractivity contribution in [3.63, 3.8) is 0 Å². The minimum atomic E-state index is -0.261. The fourth-order valence-electron chi connectivity index (χ4n) is 2.12. The van der Waals surface area contributed by atoms with Gasteiger partial charge in [-0.15, -0.1) is 11.3 Å². The van der Waals surface area contributed by atoms with Crippen molar-refractivity contribution in [3.8, 4) is 22.8 Å². The molecule has 2 aromatic heterocycles. The Kier molecular flexibility index (Phi) is 4.72. The van der Waals surface area contributed by atoms with Crippen LogP contribution in [0.3, 0.4) is 0 Å². The number of thiazole rings is 1. The first-order valence-electron chi connectivity index (χ1n) is 7.10. The van der Waals surface area contributed by atoms with Gasteiger partial charge in [-0.1, -0.05) is 0 Å². The summed E-state index contributed by atoms with van der Waals surface area (Å²) in [5, 5.41) is 5.19. The maximum absolute atomic E-state index is 12.4. The van der Waals surface area contributed by atoms with E-state index in [0.717, 1.165) is 11.3 Å². The molecule has 7 heteroatoms. The predicted molar refractivity (Wildman–Crippen MR) is 92.8 cm³/mol. The largest absolute Gasteiger partial charge is 0.493 e. The van der Waals surface area contributed by atoms with Gasteiger partial charge in [0.2, 0.25) is 0 Å². The third-order valence-corrected chi connectivity index (χ3v) is 4.09. The molecular formula is C17H15N3O3S. The Morgan fingerprint density at radius 3 is 2.71 bits per heavy atom. The molecule has 2 heterocycles. The number of anilines is 1. The molecule has 3 aromatic rings. The van der Waals surface area contributed by atoms with Crippen LogP contribution in [0.2, 0.25) is 0 Å². The number of carbonyl (C=O) groups excluding carboxylic acids is 1. The average molecular weight is 341 g/mol. The van der Waals surface area contributed by atoms with Gasteiger partial charge in [0.1, 0.15) is 0 Å². The summed E-state index contributed by atoms with van der Waals surface area (Å²) in [6, 6.07) is 8.76. The Balaban J connectivity index is 1.77. The van der Waals surface area contributed by atoms with Crippen molar-refractivity contribution in [2.45, 2.75) is 0 Å². The van der Waals surface area contributed by atoms with E-state index < -0.39 is 0 Å². The van der Waals surface area contributed by atoms with Gasteiger partial charge in [0.15, 0.2) is 16.6 Å². The number of amides is 1. The monoisotopic (exact) mass is 341 g/mol. The van der Waals surface area contributed by atoms with Crippen molar-refractivity contribution >= 4 is 22.4 Å². The summed E-state index contributed by atoms with van der Waals surface area (Å²) in [5.74, 6) is 0.811. The topological polar surface area (TPSA) is 73.3 Å². The summed E-state index contributed by atoms with van der Waals surface area (Å²) in [6.07, 6.45) is 3.44. The molecule has 0 saturated carbocycles. The van der Waals surface area contributed by atoms with Crippen LogP contribution in [0.25, 0.3) is 11.3 Å². The number of aromatic nitrogens is 2. The predicted octanol–water partition coefficient (Wildman–Crippen LogP) is 3.47. The van der Waals surface area contributed by atoms with Gasteiger partial charge in [0.25, 0.3) is 5.91 Å². The normalized spacial score (nSPS) is 10.2. The highest BCUT2D eigenvalue weighted by Gasteiger charge is 2.13. The minimum absolute atomic E-state index is 0.261. The van der Waals surface area contributed by atoms with E-state index in [9.17, 15) is 4.79 Å². The Hall–Kier alpha value is -2.93. The van der Waals surface area contributed by atoms with E-state index in [4.69, 9.17) is 9.47 Å². The second kappa shape index (κ2) is 7.10. The molecule has 0 unspecified atom stereocenters. The quantitative estimate of drug-likeness (QED) is 0.769. The van der Waals surface area contributed by atoms with Crippen LogP contribution in [-0.2, 0) is 0 Å². The number of methoxy groups -OCH3 is 2. The lowest BCUT2D eigenvalue weighted by Gasteiger charge is -2.09. The van der Waals surface area contributed by atoms with Gasteiger partial charge >= 0.3 is 0 Å². The Morgan fingerprint density at radius 1 is 1.17 bits per heavy atom. The molecule has 6 nitrogen and oxygen atoms in total. The number of rotatable bonds is 5. The number of benzene rings is 1. The molecule has 0 saturated heterocycles. The molecule has 0 spiro atoms. The number of carbonyl (C=O) groups is 1. The summed E-state index contributed by atoms with van der Waals surface area (Å²) < 4.78 is 10.4. The van der Waals surface area contributed by atoms with Crippen LogP contribution < -0.4 is 14.8 Å². The van der Waals surface area contributed by atoms with Crippen molar-refractivity contribution in [1.29, 1.82) is 0 Å². The molecule has 0 radical (unpaired) electrons. The molecule has 0 bridgehead atoms. The van der Waals surface area contributed by atoms with Gasteiger partial charge in [0, 0.05) is 28.9 Å². The minimum Gasteiger partial charge on any atom is -0.493 e. The van der Waals surface area contributed by atoms with Crippen molar-refractivity contribution in [1.82, 2.24) is 9.97 Å². The van der Waals surface area contributed by atoms with Gasteiger partial charge < -0.3 is 9.47 Å². The number of ether oxygens (including phenoxy) is 2. The van der Waals surface area contributed by atoms with Crippen LogP contribution in [-0.4, -0.2) is 30.1 Å². The molecule has 3 rings (SSSR count). The van der Waals surface area contributed by atoms with Crippen molar-refractivity contribution in [2.75, 3.05) is 19.5 Å². The number of hydrogen-bond acceptors (Lipinski definition) is 6. The number of nitrogens with zero attached hydrogens (tertiary/aromatic N) is 2. The molecule has 0 atom stereocenters. The van der Waals surface area contributed by atoms with E-state index in [2.05, 4.69) is 15.3 Å². The summed E-state index contributed by atoms with van der Waals surface area (Å²) in [4.78, 5) is 20.9. The summed E-state index contributed by atoms with van der Waals surface area (Å²) >= 11 is 1.36. The highest BCUT2D eigenvalue weighted by molar-refractivity contribution is 7.14. The highest BCUT2D eigenvalue weighted by atomic mass is 32.1. The molecule has 1 amide bonds. The summed E-state index contributed by atoms with van der Waals surface area (Å²) in [7, 11) is 3.08. The Morgan fingerprint density at radius 2 is 2.00 bits per heavy atom. The molecule has 122 valence electrons. The number of pyridine rings is 1. The van der Waals surface area contributed by atoms with Crippen LogP contribution in [0, 0.1) is 0 Å². The fraction of sp³-hybridized carbons (Fsp3) is 0.118. The highest BCUT2D eigenvalue weighted by Crippen LogP contribution is 2.28. The molecule has 0 aliphatic carbocycles. The first-order chi connectivity index (χ1) is 11.7. The molecule has 0 aliphatic rings. The SMILES string of the molecule is COc1ccc(C(=O)Nc2nc(-c3cccnc3)cs2)cc1OC. The first-order valence-corrected chi connectivity index (χ1v) is 7.98. The smallest absolute Gasteiger partial charge is 0.257 e. The summed E-state index contributed by atoms with van der Waals surface area (Å²) in [6.45, 7) is 0. The molecule has 24 heavy (non-hydrogen) atoms. The van der Waals surface area contributed by atoms with Crippen LogP contribution in [0.1, 0.15) is 10.4 Å². The van der Waals surface area contributed by atoms with E-state index in [1.54, 1.807) is 37.7 Å². The lowest BCUT2D eigenvalue weighted by atomic mass is 10.2. The third-order valence-electron chi connectivity index (χ3n) is 3.33. The van der Waals surface area contributed by atoms with Gasteiger partial charge in [-0.05, 0) is 30.3 Å². The second-order valence-corrected chi connectivity index (χ2v) is 5.66. The van der Waals surface area contributed by atoms with Crippen LogP contribution >= 0.6 is 11.3 Å². The van der Waals surface area contributed by atoms with Crippen LogP contribution in [0.5, 0.6) is 11.5 Å². The van der Waals surface area contributed by atoms with E-state index >= 15 is 0 Å².